The highest BCUT2D eigenvalue weighted by atomic mass is 16.5. The van der Waals surface area contributed by atoms with Crippen molar-refractivity contribution in [1.29, 1.82) is 0 Å². The fourth-order valence-corrected chi connectivity index (χ4v) is 3.55. The van der Waals surface area contributed by atoms with E-state index in [1.165, 1.54) is 11.1 Å². The average Bonchev–Trinajstić information content (AvgIpc) is 3.19. The van der Waals surface area contributed by atoms with Gasteiger partial charge in [0.1, 0.15) is 5.75 Å². The Balaban J connectivity index is 1.58. The molecule has 1 aliphatic heterocycles. The van der Waals surface area contributed by atoms with Gasteiger partial charge in [0, 0.05) is 19.5 Å². The predicted octanol–water partition coefficient (Wildman–Crippen LogP) is 2.86. The maximum absolute atomic E-state index is 12.9. The van der Waals surface area contributed by atoms with Crippen LogP contribution in [0.5, 0.6) is 5.75 Å². The van der Waals surface area contributed by atoms with Crippen LogP contribution >= 0.6 is 0 Å². The zero-order valence-corrected chi connectivity index (χ0v) is 12.7. The summed E-state index contributed by atoms with van der Waals surface area (Å²) in [7, 11) is 1.91. The topological polar surface area (TPSA) is 29.5 Å². The van der Waals surface area contributed by atoms with Crippen LogP contribution in [0, 0.1) is 0 Å². The van der Waals surface area contributed by atoms with E-state index in [1.807, 2.05) is 30.1 Å². The molecule has 2 aromatic carbocycles. The van der Waals surface area contributed by atoms with Crippen molar-refractivity contribution in [2.45, 2.75) is 25.3 Å². The highest BCUT2D eigenvalue weighted by Gasteiger charge is 2.30. The highest BCUT2D eigenvalue weighted by molar-refractivity contribution is 5.97. The normalized spacial score (nSPS) is 16.0. The SMILES string of the molecule is CN(C(=O)c1cccc2c1OCC2)C1Cc2ccccc2C1. The Morgan fingerprint density at radius 1 is 1.05 bits per heavy atom. The number of para-hydroxylation sites is 1. The van der Waals surface area contributed by atoms with Crippen molar-refractivity contribution in [3.63, 3.8) is 0 Å². The van der Waals surface area contributed by atoms with Crippen molar-refractivity contribution in [3.05, 3.63) is 64.7 Å². The summed E-state index contributed by atoms with van der Waals surface area (Å²) < 4.78 is 5.68. The molecule has 3 nitrogen and oxygen atoms in total. The number of carbonyl (C=O) groups is 1. The van der Waals surface area contributed by atoms with Gasteiger partial charge in [0.15, 0.2) is 0 Å². The van der Waals surface area contributed by atoms with Crippen molar-refractivity contribution in [2.24, 2.45) is 0 Å². The molecule has 1 heterocycles. The number of carbonyl (C=O) groups excluding carboxylic acids is 1. The molecule has 112 valence electrons. The summed E-state index contributed by atoms with van der Waals surface area (Å²) >= 11 is 0. The number of hydrogen-bond donors (Lipinski definition) is 0. The minimum absolute atomic E-state index is 0.0663. The molecule has 0 radical (unpaired) electrons. The summed E-state index contributed by atoms with van der Waals surface area (Å²) in [6, 6.07) is 14.6. The molecule has 0 bridgehead atoms. The van der Waals surface area contributed by atoms with E-state index in [0.29, 0.717) is 12.2 Å². The maximum Gasteiger partial charge on any atom is 0.257 e. The Kier molecular flexibility index (Phi) is 3.14. The van der Waals surface area contributed by atoms with Crippen LogP contribution in [-0.4, -0.2) is 30.5 Å². The zero-order valence-electron chi connectivity index (χ0n) is 12.7. The molecule has 0 saturated heterocycles. The van der Waals surface area contributed by atoms with E-state index in [0.717, 1.165) is 30.6 Å². The molecule has 22 heavy (non-hydrogen) atoms. The Hall–Kier alpha value is -2.29. The number of rotatable bonds is 2. The second-order valence-corrected chi connectivity index (χ2v) is 6.14. The van der Waals surface area contributed by atoms with E-state index in [9.17, 15) is 4.79 Å². The first-order valence-electron chi connectivity index (χ1n) is 7.82. The van der Waals surface area contributed by atoms with Gasteiger partial charge in [-0.3, -0.25) is 4.79 Å². The Bertz CT molecular complexity index is 713. The minimum atomic E-state index is 0.0663. The Morgan fingerprint density at radius 3 is 2.45 bits per heavy atom. The van der Waals surface area contributed by atoms with Crippen molar-refractivity contribution < 1.29 is 9.53 Å². The van der Waals surface area contributed by atoms with Gasteiger partial charge in [-0.25, -0.2) is 0 Å². The predicted molar refractivity (Wildman–Crippen MR) is 85.4 cm³/mol. The molecule has 3 heteroatoms. The molecule has 0 saturated carbocycles. The lowest BCUT2D eigenvalue weighted by atomic mass is 10.1. The van der Waals surface area contributed by atoms with Crippen LogP contribution in [0.1, 0.15) is 27.0 Å². The lowest BCUT2D eigenvalue weighted by molar-refractivity contribution is 0.0734. The lowest BCUT2D eigenvalue weighted by Gasteiger charge is -2.25. The minimum Gasteiger partial charge on any atom is -0.492 e. The van der Waals surface area contributed by atoms with Crippen molar-refractivity contribution in [1.82, 2.24) is 4.90 Å². The second kappa shape index (κ2) is 5.16. The van der Waals surface area contributed by atoms with Gasteiger partial charge in [-0.1, -0.05) is 36.4 Å². The van der Waals surface area contributed by atoms with Gasteiger partial charge in [0.2, 0.25) is 0 Å². The summed E-state index contributed by atoms with van der Waals surface area (Å²) in [5.74, 6) is 0.853. The van der Waals surface area contributed by atoms with Crippen LogP contribution in [-0.2, 0) is 19.3 Å². The van der Waals surface area contributed by atoms with Crippen LogP contribution in [0.25, 0.3) is 0 Å². The first kappa shape index (κ1) is 13.4. The molecule has 2 aromatic rings. The molecular formula is C19H19NO2. The average molecular weight is 293 g/mol. The van der Waals surface area contributed by atoms with Crippen LogP contribution in [0.4, 0.5) is 0 Å². The van der Waals surface area contributed by atoms with Gasteiger partial charge < -0.3 is 9.64 Å². The smallest absolute Gasteiger partial charge is 0.257 e. The molecule has 4 rings (SSSR count). The quantitative estimate of drug-likeness (QED) is 0.852. The molecular weight excluding hydrogens is 274 g/mol. The zero-order chi connectivity index (χ0) is 15.1. The van der Waals surface area contributed by atoms with Crippen LogP contribution in [0.15, 0.2) is 42.5 Å². The molecule has 0 atom stereocenters. The molecule has 1 aliphatic carbocycles. The largest absolute Gasteiger partial charge is 0.492 e. The molecule has 0 N–H and O–H groups in total. The number of ether oxygens (including phenoxy) is 1. The molecule has 1 amide bonds. The van der Waals surface area contributed by atoms with Crippen molar-refractivity contribution in [3.8, 4) is 5.75 Å². The summed E-state index contributed by atoms with van der Waals surface area (Å²) in [5, 5.41) is 0. The lowest BCUT2D eigenvalue weighted by Crippen LogP contribution is -2.37. The first-order chi connectivity index (χ1) is 10.7. The molecule has 0 aromatic heterocycles. The third-order valence-electron chi connectivity index (χ3n) is 4.84. The summed E-state index contributed by atoms with van der Waals surface area (Å²) in [4.78, 5) is 14.8. The van der Waals surface area contributed by atoms with Gasteiger partial charge in [-0.2, -0.15) is 0 Å². The number of hydrogen-bond acceptors (Lipinski definition) is 2. The standard InChI is InChI=1S/C19H19NO2/c1-20(16-11-14-5-2-3-6-15(14)12-16)19(21)17-8-4-7-13-9-10-22-18(13)17/h2-8,16H,9-12H2,1H3. The Labute approximate surface area is 130 Å². The van der Waals surface area contributed by atoms with Gasteiger partial charge >= 0.3 is 0 Å². The highest BCUT2D eigenvalue weighted by Crippen LogP contribution is 2.32. The van der Waals surface area contributed by atoms with E-state index in [2.05, 4.69) is 24.3 Å². The van der Waals surface area contributed by atoms with E-state index in [4.69, 9.17) is 4.74 Å². The number of fused-ring (bicyclic) bond motifs is 2. The van der Waals surface area contributed by atoms with Gasteiger partial charge in [-0.05, 0) is 35.6 Å². The molecule has 2 aliphatic rings. The Morgan fingerprint density at radius 2 is 1.73 bits per heavy atom. The summed E-state index contributed by atoms with van der Waals surface area (Å²) in [5.41, 5.74) is 4.57. The molecule has 0 fully saturated rings. The third-order valence-corrected chi connectivity index (χ3v) is 4.84. The second-order valence-electron chi connectivity index (χ2n) is 6.14. The fourth-order valence-electron chi connectivity index (χ4n) is 3.55. The maximum atomic E-state index is 12.9. The van der Waals surface area contributed by atoms with E-state index in [-0.39, 0.29) is 11.9 Å². The van der Waals surface area contributed by atoms with E-state index in [1.54, 1.807) is 0 Å². The summed E-state index contributed by atoms with van der Waals surface area (Å²) in [6.45, 7) is 0.679. The fraction of sp³-hybridized carbons (Fsp3) is 0.316. The number of nitrogens with zero attached hydrogens (tertiary/aromatic N) is 1. The molecule has 0 unspecified atom stereocenters. The van der Waals surface area contributed by atoms with Crippen molar-refractivity contribution in [2.75, 3.05) is 13.7 Å². The van der Waals surface area contributed by atoms with Crippen molar-refractivity contribution >= 4 is 5.91 Å². The van der Waals surface area contributed by atoms with Crippen LogP contribution in [0.2, 0.25) is 0 Å². The number of benzene rings is 2. The number of amides is 1. The number of likely N-dealkylation sites (N-methyl/N-ethyl adjacent to an activating group) is 1. The summed E-state index contributed by atoms with van der Waals surface area (Å²) in [6.07, 6.45) is 2.78. The third kappa shape index (κ3) is 2.08. The first-order valence-corrected chi connectivity index (χ1v) is 7.82. The van der Waals surface area contributed by atoms with E-state index < -0.39 is 0 Å². The van der Waals surface area contributed by atoms with Crippen LogP contribution < -0.4 is 4.74 Å². The monoisotopic (exact) mass is 293 g/mol. The van der Waals surface area contributed by atoms with Gasteiger partial charge in [-0.15, -0.1) is 0 Å². The van der Waals surface area contributed by atoms with Gasteiger partial charge in [0.05, 0.1) is 12.2 Å². The van der Waals surface area contributed by atoms with Gasteiger partial charge in [0.25, 0.3) is 5.91 Å². The van der Waals surface area contributed by atoms with Crippen LogP contribution in [0.3, 0.4) is 0 Å². The molecule has 0 spiro atoms. The van der Waals surface area contributed by atoms with E-state index >= 15 is 0 Å².